The van der Waals surface area contributed by atoms with E-state index in [1.54, 1.807) is 11.0 Å². The summed E-state index contributed by atoms with van der Waals surface area (Å²) in [5.41, 5.74) is 3.01. The van der Waals surface area contributed by atoms with E-state index in [1.807, 2.05) is 18.2 Å². The van der Waals surface area contributed by atoms with E-state index in [1.165, 1.54) is 22.5 Å². The molecular weight excluding hydrogens is 325 g/mol. The van der Waals surface area contributed by atoms with Crippen LogP contribution in [-0.4, -0.2) is 23.9 Å². The summed E-state index contributed by atoms with van der Waals surface area (Å²) in [5, 5.41) is 0. The molecule has 1 aromatic carbocycles. The zero-order valence-corrected chi connectivity index (χ0v) is 13.5. The van der Waals surface area contributed by atoms with Gasteiger partial charge in [-0.25, -0.2) is 0 Å². The quantitative estimate of drug-likeness (QED) is 0.756. The smallest absolute Gasteiger partial charge is 0.256 e. The van der Waals surface area contributed by atoms with Crippen molar-refractivity contribution in [2.75, 3.05) is 13.1 Å². The van der Waals surface area contributed by atoms with Gasteiger partial charge in [0.15, 0.2) is 0 Å². The SMILES string of the molecule is O=C(c1cc(Cl)sc1Cl)N1CC=C(c2ccccc2)CC1. The van der Waals surface area contributed by atoms with Crippen molar-refractivity contribution in [3.63, 3.8) is 0 Å². The Morgan fingerprint density at radius 3 is 2.52 bits per heavy atom. The fourth-order valence-corrected chi connectivity index (χ4v) is 3.87. The molecule has 5 heteroatoms. The molecule has 2 aromatic rings. The molecule has 0 N–H and O–H groups in total. The van der Waals surface area contributed by atoms with Gasteiger partial charge in [-0.15, -0.1) is 11.3 Å². The van der Waals surface area contributed by atoms with Crippen LogP contribution in [0.3, 0.4) is 0 Å². The van der Waals surface area contributed by atoms with Crippen molar-refractivity contribution in [3.05, 3.63) is 62.3 Å². The zero-order chi connectivity index (χ0) is 14.8. The molecule has 1 amide bonds. The molecule has 1 aromatic heterocycles. The van der Waals surface area contributed by atoms with Gasteiger partial charge in [0, 0.05) is 13.1 Å². The van der Waals surface area contributed by atoms with Crippen LogP contribution in [0.15, 0.2) is 42.5 Å². The first-order valence-corrected chi connectivity index (χ1v) is 8.21. The van der Waals surface area contributed by atoms with Gasteiger partial charge in [0.05, 0.1) is 9.90 Å². The molecule has 0 fully saturated rings. The van der Waals surface area contributed by atoms with Gasteiger partial charge in [-0.2, -0.15) is 0 Å². The third-order valence-corrected chi connectivity index (χ3v) is 5.02. The molecule has 0 saturated heterocycles. The van der Waals surface area contributed by atoms with E-state index in [-0.39, 0.29) is 5.91 Å². The number of carbonyl (C=O) groups excluding carboxylic acids is 1. The highest BCUT2D eigenvalue weighted by Crippen LogP contribution is 2.32. The van der Waals surface area contributed by atoms with Crippen molar-refractivity contribution >= 4 is 46.0 Å². The number of hydrogen-bond donors (Lipinski definition) is 0. The van der Waals surface area contributed by atoms with Crippen LogP contribution in [-0.2, 0) is 0 Å². The second-order valence-corrected chi connectivity index (χ2v) is 7.12. The van der Waals surface area contributed by atoms with Crippen molar-refractivity contribution < 1.29 is 4.79 Å². The summed E-state index contributed by atoms with van der Waals surface area (Å²) in [4.78, 5) is 14.2. The van der Waals surface area contributed by atoms with Gasteiger partial charge in [-0.1, -0.05) is 59.6 Å². The Kier molecular flexibility index (Phi) is 4.34. The first-order valence-electron chi connectivity index (χ1n) is 6.63. The predicted octanol–water partition coefficient (Wildman–Crippen LogP) is 4.98. The summed E-state index contributed by atoms with van der Waals surface area (Å²) in [6, 6.07) is 11.9. The number of halogens is 2. The van der Waals surface area contributed by atoms with Crippen molar-refractivity contribution in [2.45, 2.75) is 6.42 Å². The molecule has 0 atom stereocenters. The van der Waals surface area contributed by atoms with Crippen LogP contribution in [0.2, 0.25) is 8.67 Å². The van der Waals surface area contributed by atoms with E-state index in [2.05, 4.69) is 18.2 Å². The van der Waals surface area contributed by atoms with Gasteiger partial charge in [-0.3, -0.25) is 4.79 Å². The molecule has 2 nitrogen and oxygen atoms in total. The molecule has 1 aliphatic heterocycles. The van der Waals surface area contributed by atoms with Gasteiger partial charge >= 0.3 is 0 Å². The van der Waals surface area contributed by atoms with Crippen LogP contribution in [0.25, 0.3) is 5.57 Å². The van der Waals surface area contributed by atoms with Gasteiger partial charge < -0.3 is 4.90 Å². The summed E-state index contributed by atoms with van der Waals surface area (Å²) in [7, 11) is 0. The summed E-state index contributed by atoms with van der Waals surface area (Å²) < 4.78 is 1.00. The lowest BCUT2D eigenvalue weighted by Crippen LogP contribution is -2.34. The fraction of sp³-hybridized carbons (Fsp3) is 0.188. The molecule has 21 heavy (non-hydrogen) atoms. The average molecular weight is 338 g/mol. The number of rotatable bonds is 2. The Balaban J connectivity index is 1.75. The minimum Gasteiger partial charge on any atom is -0.335 e. The lowest BCUT2D eigenvalue weighted by molar-refractivity contribution is 0.0773. The van der Waals surface area contributed by atoms with Crippen LogP contribution in [0, 0.1) is 0 Å². The monoisotopic (exact) mass is 337 g/mol. The highest BCUT2D eigenvalue weighted by molar-refractivity contribution is 7.20. The van der Waals surface area contributed by atoms with Gasteiger partial charge in [0.2, 0.25) is 0 Å². The van der Waals surface area contributed by atoms with E-state index < -0.39 is 0 Å². The predicted molar refractivity (Wildman–Crippen MR) is 89.3 cm³/mol. The number of amides is 1. The fourth-order valence-electron chi connectivity index (χ4n) is 2.42. The highest BCUT2D eigenvalue weighted by Gasteiger charge is 2.22. The van der Waals surface area contributed by atoms with Crippen LogP contribution in [0.1, 0.15) is 22.3 Å². The van der Waals surface area contributed by atoms with Crippen LogP contribution in [0.4, 0.5) is 0 Å². The van der Waals surface area contributed by atoms with E-state index in [9.17, 15) is 4.79 Å². The minimum absolute atomic E-state index is 0.0495. The molecule has 2 heterocycles. The maximum atomic E-state index is 12.4. The van der Waals surface area contributed by atoms with Crippen molar-refractivity contribution in [3.8, 4) is 0 Å². The van der Waals surface area contributed by atoms with Crippen molar-refractivity contribution in [1.82, 2.24) is 4.90 Å². The maximum absolute atomic E-state index is 12.4. The number of benzene rings is 1. The van der Waals surface area contributed by atoms with Gasteiger partial charge in [0.1, 0.15) is 4.34 Å². The molecule has 0 bridgehead atoms. The molecule has 1 aliphatic rings. The van der Waals surface area contributed by atoms with Crippen LogP contribution >= 0.6 is 34.5 Å². The number of hydrogen-bond acceptors (Lipinski definition) is 2. The Hall–Kier alpha value is -1.29. The molecule has 0 radical (unpaired) electrons. The summed E-state index contributed by atoms with van der Waals surface area (Å²) in [6.07, 6.45) is 2.96. The Labute approximate surface area is 137 Å². The Bertz CT molecular complexity index is 694. The minimum atomic E-state index is -0.0495. The van der Waals surface area contributed by atoms with Gasteiger partial charge in [0.25, 0.3) is 5.91 Å². The van der Waals surface area contributed by atoms with E-state index >= 15 is 0 Å². The average Bonchev–Trinajstić information content (AvgIpc) is 2.86. The Morgan fingerprint density at radius 1 is 1.19 bits per heavy atom. The van der Waals surface area contributed by atoms with E-state index in [0.717, 1.165) is 6.42 Å². The topological polar surface area (TPSA) is 20.3 Å². The normalized spacial score (nSPS) is 15.0. The second-order valence-electron chi connectivity index (χ2n) is 4.83. The maximum Gasteiger partial charge on any atom is 0.256 e. The first-order chi connectivity index (χ1) is 10.1. The third-order valence-electron chi connectivity index (χ3n) is 3.53. The molecule has 0 saturated carbocycles. The lowest BCUT2D eigenvalue weighted by Gasteiger charge is -2.26. The standard InChI is InChI=1S/C16H13Cl2NOS/c17-14-10-13(15(18)21-14)16(20)19-8-6-12(7-9-19)11-4-2-1-3-5-11/h1-6,10H,7-9H2. The molecule has 0 unspecified atom stereocenters. The van der Waals surface area contributed by atoms with Crippen LogP contribution < -0.4 is 0 Å². The van der Waals surface area contributed by atoms with E-state index in [4.69, 9.17) is 23.2 Å². The van der Waals surface area contributed by atoms with Crippen molar-refractivity contribution in [1.29, 1.82) is 0 Å². The number of carbonyl (C=O) groups is 1. The van der Waals surface area contributed by atoms with Crippen LogP contribution in [0.5, 0.6) is 0 Å². The summed E-state index contributed by atoms with van der Waals surface area (Å²) in [6.45, 7) is 1.30. The number of nitrogens with zero attached hydrogens (tertiary/aromatic N) is 1. The second kappa shape index (κ2) is 6.22. The largest absolute Gasteiger partial charge is 0.335 e. The highest BCUT2D eigenvalue weighted by atomic mass is 35.5. The molecule has 0 aliphatic carbocycles. The molecule has 3 rings (SSSR count). The molecule has 108 valence electrons. The third kappa shape index (κ3) is 3.15. The molecule has 0 spiro atoms. The molecular formula is C16H13Cl2NOS. The lowest BCUT2D eigenvalue weighted by atomic mass is 9.99. The van der Waals surface area contributed by atoms with Gasteiger partial charge in [-0.05, 0) is 23.6 Å². The van der Waals surface area contributed by atoms with E-state index in [0.29, 0.717) is 27.3 Å². The summed E-state index contributed by atoms with van der Waals surface area (Å²) in [5.74, 6) is -0.0495. The first kappa shape index (κ1) is 14.6. The number of thiophene rings is 1. The Morgan fingerprint density at radius 2 is 1.95 bits per heavy atom. The zero-order valence-electron chi connectivity index (χ0n) is 11.2. The summed E-state index contributed by atoms with van der Waals surface area (Å²) >= 11 is 13.2. The van der Waals surface area contributed by atoms with Crippen molar-refractivity contribution in [2.24, 2.45) is 0 Å².